The molecule has 0 saturated carbocycles. The van der Waals surface area contributed by atoms with Gasteiger partial charge in [0.05, 0.1) is 52.9 Å². The van der Waals surface area contributed by atoms with Gasteiger partial charge in [-0.05, 0) is 25.7 Å². The number of hydrogen-bond acceptors (Lipinski definition) is 46. The molecule has 12 rings (SSSR count). The van der Waals surface area contributed by atoms with Crippen LogP contribution in [0, 0.1) is 0 Å². The summed E-state index contributed by atoms with van der Waals surface area (Å²) in [4.78, 5) is 33.6. The van der Waals surface area contributed by atoms with Crippen LogP contribution < -0.4 is 22.9 Å². The van der Waals surface area contributed by atoms with Crippen LogP contribution in [0.25, 0.3) is 0 Å². The molecule has 8 bridgehead atoms. The Balaban J connectivity index is 0.843. The summed E-state index contributed by atoms with van der Waals surface area (Å²) < 4.78 is 108. The number of aliphatic hydroxyl groups excluding tert-OH is 18. The molecule has 12 saturated heterocycles. The van der Waals surface area contributed by atoms with Crippen LogP contribution in [-0.4, -0.2) is 445 Å². The van der Waals surface area contributed by atoms with Crippen molar-refractivity contribution in [1.82, 2.24) is 9.80 Å². The van der Waals surface area contributed by atoms with Crippen LogP contribution in [0.1, 0.15) is 66.2 Å². The molecular formula is C64H108N6O40. The van der Waals surface area contributed by atoms with Crippen molar-refractivity contribution in [2.75, 3.05) is 65.9 Å². The Morgan fingerprint density at radius 3 is 1.00 bits per heavy atom. The van der Waals surface area contributed by atoms with Crippen LogP contribution in [0.2, 0.25) is 0 Å². The molecular weight excluding hydrogens is 1490 g/mol. The summed E-state index contributed by atoms with van der Waals surface area (Å²) >= 11 is 0. The molecule has 12 fully saturated rings. The second-order valence-corrected chi connectivity index (χ2v) is 29.9. The molecule has 0 radical (unpaired) electrons. The zero-order chi connectivity index (χ0) is 80.1. The minimum atomic E-state index is -3.89. The lowest BCUT2D eigenvalue weighted by atomic mass is 9.74. The molecule has 0 aromatic heterocycles. The van der Waals surface area contributed by atoms with Gasteiger partial charge in [0.15, 0.2) is 49.3 Å². The predicted molar refractivity (Wildman–Crippen MR) is 346 cm³/mol. The van der Waals surface area contributed by atoms with Gasteiger partial charge < -0.3 is 210 Å². The van der Waals surface area contributed by atoms with Crippen LogP contribution >= 0.6 is 0 Å². The van der Waals surface area contributed by atoms with Crippen molar-refractivity contribution in [3.63, 3.8) is 0 Å². The lowest BCUT2D eigenvalue weighted by Gasteiger charge is -2.62. The monoisotopic (exact) mass is 1600 g/mol. The summed E-state index contributed by atoms with van der Waals surface area (Å²) in [5.41, 5.74) is 19.6. The first-order valence-electron chi connectivity index (χ1n) is 36.9. The Labute approximate surface area is 627 Å². The fraction of sp³-hybridized carbons (Fsp3) is 0.969. The SMILES string of the molecule is CCCN(C(N)(N)CC)[C@]1(O[C@@H]2[C@H]3OC[C@@H]2O[C@@H](O[C@@H]2[C@@H](O)[C@H](O[C@@H]4[C@H]5OC[C@@H]4O[C@@H](O)[C@H]5O)O[C@H](CO)[C@H]2O)[C@H]3O)O[C@H](CO)[C@H](O)[C@H](O)[C@@]1(O)C(=O)CCC(=O)[C@]1(O)[C@@H](O)[C@@H](O)[C@@H](CO)O[C@@]1(O[C@@H]1[C@H]2OC[C@@H]1O[C@@H](O[C@@H]1[C@@H](O)[C@H](O[C@@H]3[C@H]4OC[C@@H]3O[C@@H](O)[C@H]4O)O[C@H](CO)[C@H]1O)[C@H]2O)N(CCC)C(N)(N)CC. The molecule has 0 aliphatic carbocycles. The molecule has 110 heavy (non-hydrogen) atoms. The Kier molecular flexibility index (Phi) is 26.7. The van der Waals surface area contributed by atoms with E-state index in [1.54, 1.807) is 13.8 Å². The molecule has 634 valence electrons. The fourth-order valence-corrected chi connectivity index (χ4v) is 16.8. The van der Waals surface area contributed by atoms with Gasteiger partial charge in [0.1, 0.15) is 195 Å². The van der Waals surface area contributed by atoms with Crippen LogP contribution in [-0.2, 0) is 94.9 Å². The maximum atomic E-state index is 15.9. The summed E-state index contributed by atoms with van der Waals surface area (Å²) in [5, 5.41) is 231. The Hall–Kier alpha value is -2.42. The van der Waals surface area contributed by atoms with Gasteiger partial charge in [0.2, 0.25) is 11.2 Å². The third kappa shape index (κ3) is 14.7. The molecule has 40 atom stereocenters. The zero-order valence-corrected chi connectivity index (χ0v) is 60.4. The van der Waals surface area contributed by atoms with Gasteiger partial charge in [0.25, 0.3) is 11.8 Å². The maximum Gasteiger partial charge on any atom is 0.274 e. The van der Waals surface area contributed by atoms with E-state index in [4.69, 9.17) is 108 Å². The third-order valence-electron chi connectivity index (χ3n) is 23.1. The number of ether oxygens (including phenoxy) is 18. The Morgan fingerprint density at radius 2 is 0.691 bits per heavy atom. The predicted octanol–water partition coefficient (Wildman–Crippen LogP) is -15.6. The largest absolute Gasteiger partial charge is 0.394 e. The van der Waals surface area contributed by atoms with Crippen molar-refractivity contribution in [1.29, 1.82) is 0 Å². The van der Waals surface area contributed by atoms with Gasteiger partial charge in [-0.1, -0.05) is 27.7 Å². The van der Waals surface area contributed by atoms with E-state index >= 15 is 9.59 Å². The van der Waals surface area contributed by atoms with Crippen molar-refractivity contribution < 1.29 is 197 Å². The van der Waals surface area contributed by atoms with Gasteiger partial charge in [0, 0.05) is 25.9 Å². The van der Waals surface area contributed by atoms with Crippen LogP contribution in [0.4, 0.5) is 0 Å². The van der Waals surface area contributed by atoms with Crippen molar-refractivity contribution in [2.24, 2.45) is 22.9 Å². The zero-order valence-electron chi connectivity index (χ0n) is 60.4. The van der Waals surface area contributed by atoms with Crippen LogP contribution in [0.5, 0.6) is 0 Å². The number of aliphatic hydroxyl groups is 20. The molecule has 0 aromatic rings. The topological polar surface area (TPSA) is 715 Å². The highest BCUT2D eigenvalue weighted by Crippen LogP contribution is 2.52. The average molecular weight is 1600 g/mol. The summed E-state index contributed by atoms with van der Waals surface area (Å²) in [7, 11) is 0. The van der Waals surface area contributed by atoms with E-state index in [0.717, 1.165) is 9.80 Å². The van der Waals surface area contributed by atoms with E-state index in [1.165, 1.54) is 13.8 Å². The van der Waals surface area contributed by atoms with E-state index in [9.17, 15) is 102 Å². The van der Waals surface area contributed by atoms with Crippen molar-refractivity contribution in [2.45, 2.75) is 322 Å². The second-order valence-electron chi connectivity index (χ2n) is 29.9. The van der Waals surface area contributed by atoms with Gasteiger partial charge in [-0.2, -0.15) is 0 Å². The highest BCUT2D eigenvalue weighted by Gasteiger charge is 2.78. The first-order valence-corrected chi connectivity index (χ1v) is 36.9. The van der Waals surface area contributed by atoms with Crippen molar-refractivity contribution >= 4 is 11.6 Å². The minimum absolute atomic E-state index is 0.0417. The number of rotatable bonds is 31. The van der Waals surface area contributed by atoms with Gasteiger partial charge in [-0.25, -0.2) is 9.80 Å². The first-order chi connectivity index (χ1) is 52.0. The van der Waals surface area contributed by atoms with E-state index in [2.05, 4.69) is 0 Å². The third-order valence-corrected chi connectivity index (χ3v) is 23.1. The molecule has 12 aliphatic rings. The van der Waals surface area contributed by atoms with Crippen molar-refractivity contribution in [3.05, 3.63) is 0 Å². The second kappa shape index (κ2) is 33.8. The van der Waals surface area contributed by atoms with Gasteiger partial charge in [-0.3, -0.25) is 9.59 Å². The van der Waals surface area contributed by atoms with Gasteiger partial charge in [-0.15, -0.1) is 0 Å². The number of hydrogen-bond donors (Lipinski definition) is 24. The number of nitrogens with zero attached hydrogens (tertiary/aromatic N) is 2. The summed E-state index contributed by atoms with van der Waals surface area (Å²) in [6, 6.07) is 0. The van der Waals surface area contributed by atoms with Gasteiger partial charge >= 0.3 is 0 Å². The Bertz CT molecular complexity index is 2910. The molecule has 0 aromatic carbocycles. The molecule has 46 nitrogen and oxygen atoms in total. The quantitative estimate of drug-likeness (QED) is 0.0287. The lowest BCUT2D eigenvalue weighted by molar-refractivity contribution is -0.468. The number of Topliss-reactive ketones (excluding diaryl/α,β-unsaturated/α-hetero) is 2. The lowest BCUT2D eigenvalue weighted by Crippen LogP contribution is -2.87. The molecule has 12 heterocycles. The minimum Gasteiger partial charge on any atom is -0.394 e. The molecule has 0 spiro atoms. The number of nitrogens with two attached hydrogens (primary N) is 4. The first kappa shape index (κ1) is 86.9. The molecule has 0 amide bonds. The smallest absolute Gasteiger partial charge is 0.274 e. The van der Waals surface area contributed by atoms with Crippen LogP contribution in [0.3, 0.4) is 0 Å². The maximum absolute atomic E-state index is 15.9. The number of fused-ring (bicyclic) bond motifs is 8. The van der Waals surface area contributed by atoms with E-state index in [0.29, 0.717) is 0 Å². The van der Waals surface area contributed by atoms with E-state index in [-0.39, 0.29) is 38.9 Å². The molecule has 0 unspecified atom stereocenters. The number of carbonyl (C=O) groups is 2. The van der Waals surface area contributed by atoms with Crippen molar-refractivity contribution in [3.8, 4) is 0 Å². The normalized spacial score (nSPS) is 50.3. The highest BCUT2D eigenvalue weighted by molar-refractivity contribution is 5.96. The average Bonchev–Trinajstić information content (AvgIpc) is 0.878. The summed E-state index contributed by atoms with van der Waals surface area (Å²) in [6.07, 6.45) is -69.0. The summed E-state index contributed by atoms with van der Waals surface area (Å²) in [5.74, 6) is -15.2. The highest BCUT2D eigenvalue weighted by atomic mass is 16.8. The van der Waals surface area contributed by atoms with E-state index < -0.39 is 333 Å². The van der Waals surface area contributed by atoms with E-state index in [1.807, 2.05) is 0 Å². The number of carbonyl (C=O) groups excluding carboxylic acids is 2. The fourth-order valence-electron chi connectivity index (χ4n) is 16.8. The molecule has 12 aliphatic heterocycles. The molecule has 28 N–H and O–H groups in total. The molecule has 46 heteroatoms. The number of ketones is 2. The van der Waals surface area contributed by atoms with Crippen LogP contribution in [0.15, 0.2) is 0 Å². The summed E-state index contributed by atoms with van der Waals surface area (Å²) in [6.45, 7) is -0.762. The Morgan fingerprint density at radius 1 is 0.391 bits per heavy atom. The standard InChI is InChI=1S/C64H108N6O40/c1-5-11-69(59(65,66)7-3)63(109-43-27-19-95-49(43)39(85)57(101-27)105-45-31(77)21(13-71)99-55(37(45)83)103-41-25-17-93-47(41)35(81)53(89)97-25)61(91,51(87)33(79)23(15-73)107-63)29(75)9-10-30(76)62(92)52(88)34(80)24(16-74)108-64(62,70(12-6-2)60(67,68)8-4)110-44-28-20-96-50(44)40(86)58(102-28)106-46-32(78)22(14-72)100-56(38(46)84)104-42-26-18-94-48(42)36(82)54(90)98-26/h21-28,31-58,71-74,77-92H,5-20,65-68H2,1-4H3/t21-,22-,23-,24-,25+,26+,27+,28+,31-,32-,33+,34+,35+,36+,37-,38-,39+,40+,41+,42+,43+,44+,45+,46+,47+,48+,49+,50+,51+,52+,53-,54-,55+,56+,57+,58+,61+,62+,63+,64+/m1/s1.